The highest BCUT2D eigenvalue weighted by Crippen LogP contribution is 2.22. The van der Waals surface area contributed by atoms with Crippen LogP contribution in [0.15, 0.2) is 54.6 Å². The highest BCUT2D eigenvalue weighted by atomic mass is 19.3. The lowest BCUT2D eigenvalue weighted by atomic mass is 10.2. The molecule has 1 N–H and O–H groups in total. The Balaban J connectivity index is 1.54. The fraction of sp³-hybridized carbons (Fsp3) is 0.238. The van der Waals surface area contributed by atoms with E-state index in [1.165, 1.54) is 18.2 Å². The van der Waals surface area contributed by atoms with Crippen molar-refractivity contribution in [2.45, 2.75) is 26.0 Å². The number of alkyl halides is 2. The largest absolute Gasteiger partial charge is 0.434 e. The van der Waals surface area contributed by atoms with Crippen LogP contribution in [-0.4, -0.2) is 25.0 Å². The number of carbonyl (C=O) groups excluding carboxylic acids is 2. The summed E-state index contributed by atoms with van der Waals surface area (Å²) >= 11 is 0. The monoisotopic (exact) mass is 386 g/mol. The number of benzene rings is 2. The van der Waals surface area contributed by atoms with E-state index < -0.39 is 6.61 Å². The lowest BCUT2D eigenvalue weighted by molar-refractivity contribution is -0.117. The van der Waals surface area contributed by atoms with Crippen LogP contribution >= 0.6 is 0 Å². The zero-order valence-electron chi connectivity index (χ0n) is 15.1. The lowest BCUT2D eigenvalue weighted by Gasteiger charge is -2.15. The number of nitrogens with zero attached hydrogens (tertiary/aromatic N) is 1. The van der Waals surface area contributed by atoms with Gasteiger partial charge in [0, 0.05) is 36.8 Å². The molecule has 5 nitrogen and oxygen atoms in total. The molecule has 3 rings (SSSR count). The molecule has 1 aliphatic rings. The van der Waals surface area contributed by atoms with Crippen molar-refractivity contribution in [3.05, 3.63) is 65.7 Å². The van der Waals surface area contributed by atoms with Crippen LogP contribution < -0.4 is 15.0 Å². The highest BCUT2D eigenvalue weighted by Gasteiger charge is 2.21. The summed E-state index contributed by atoms with van der Waals surface area (Å²) in [5.74, 6) is -0.221. The van der Waals surface area contributed by atoms with Gasteiger partial charge in [-0.2, -0.15) is 8.78 Å². The third kappa shape index (κ3) is 5.16. The third-order valence-corrected chi connectivity index (χ3v) is 4.34. The van der Waals surface area contributed by atoms with Crippen molar-refractivity contribution in [2.24, 2.45) is 0 Å². The molecule has 0 spiro atoms. The van der Waals surface area contributed by atoms with Crippen molar-refractivity contribution >= 4 is 23.6 Å². The van der Waals surface area contributed by atoms with Crippen molar-refractivity contribution < 1.29 is 23.1 Å². The summed E-state index contributed by atoms with van der Waals surface area (Å²) in [4.78, 5) is 25.5. The van der Waals surface area contributed by atoms with E-state index in [0.29, 0.717) is 18.5 Å². The summed E-state index contributed by atoms with van der Waals surface area (Å²) in [5, 5.41) is 2.73. The van der Waals surface area contributed by atoms with E-state index in [9.17, 15) is 18.4 Å². The van der Waals surface area contributed by atoms with Gasteiger partial charge in [0.25, 0.3) is 0 Å². The van der Waals surface area contributed by atoms with Crippen molar-refractivity contribution in [3.63, 3.8) is 0 Å². The van der Waals surface area contributed by atoms with E-state index in [1.807, 2.05) is 24.3 Å². The summed E-state index contributed by atoms with van der Waals surface area (Å²) in [6.07, 6.45) is 4.14. The first kappa shape index (κ1) is 19.5. The zero-order valence-corrected chi connectivity index (χ0v) is 15.1. The molecule has 0 bridgehead atoms. The van der Waals surface area contributed by atoms with Gasteiger partial charge >= 0.3 is 6.61 Å². The minimum Gasteiger partial charge on any atom is -0.434 e. The Labute approximate surface area is 161 Å². The van der Waals surface area contributed by atoms with E-state index >= 15 is 0 Å². The Kier molecular flexibility index (Phi) is 6.37. The van der Waals surface area contributed by atoms with Crippen molar-refractivity contribution in [1.82, 2.24) is 5.32 Å². The van der Waals surface area contributed by atoms with Gasteiger partial charge in [-0.3, -0.25) is 9.59 Å². The SMILES string of the molecule is O=C(/C=C/c1ccccc1OC(F)F)NCc1ccc(N2CCCC2=O)cc1. The molecule has 0 saturated carbocycles. The normalized spacial score (nSPS) is 14.1. The van der Waals surface area contributed by atoms with Crippen molar-refractivity contribution in [2.75, 3.05) is 11.4 Å². The number of carbonyl (C=O) groups is 2. The predicted octanol–water partition coefficient (Wildman–Crippen LogP) is 3.74. The number of hydrogen-bond acceptors (Lipinski definition) is 3. The first-order valence-electron chi connectivity index (χ1n) is 8.92. The molecule has 1 heterocycles. The molecule has 2 aromatic rings. The second-order valence-electron chi connectivity index (χ2n) is 6.28. The van der Waals surface area contributed by atoms with Crippen LogP contribution in [0.4, 0.5) is 14.5 Å². The van der Waals surface area contributed by atoms with Crippen LogP contribution in [0.25, 0.3) is 6.08 Å². The van der Waals surface area contributed by atoms with Crippen LogP contribution in [0.2, 0.25) is 0 Å². The molecule has 1 aliphatic heterocycles. The first-order chi connectivity index (χ1) is 13.5. The summed E-state index contributed by atoms with van der Waals surface area (Å²) in [7, 11) is 0. The van der Waals surface area contributed by atoms with Gasteiger partial charge < -0.3 is 15.0 Å². The number of nitrogens with one attached hydrogen (secondary N) is 1. The molecular weight excluding hydrogens is 366 g/mol. The van der Waals surface area contributed by atoms with Crippen LogP contribution in [0.1, 0.15) is 24.0 Å². The van der Waals surface area contributed by atoms with Gasteiger partial charge in [0.2, 0.25) is 11.8 Å². The Hall–Kier alpha value is -3.22. The van der Waals surface area contributed by atoms with Gasteiger partial charge in [0.1, 0.15) is 5.75 Å². The number of hydrogen-bond donors (Lipinski definition) is 1. The van der Waals surface area contributed by atoms with Crippen molar-refractivity contribution in [1.29, 1.82) is 0 Å². The van der Waals surface area contributed by atoms with E-state index in [0.717, 1.165) is 24.2 Å². The zero-order chi connectivity index (χ0) is 19.9. The van der Waals surface area contributed by atoms with E-state index in [1.54, 1.807) is 23.1 Å². The van der Waals surface area contributed by atoms with Gasteiger partial charge in [-0.05, 0) is 36.3 Å². The molecule has 28 heavy (non-hydrogen) atoms. The molecule has 1 fully saturated rings. The van der Waals surface area contributed by atoms with Gasteiger partial charge in [0.15, 0.2) is 0 Å². The van der Waals surface area contributed by atoms with E-state index in [-0.39, 0.29) is 17.6 Å². The minimum absolute atomic E-state index is 0.00796. The minimum atomic E-state index is -2.93. The number of ether oxygens (including phenoxy) is 1. The average molecular weight is 386 g/mol. The molecule has 2 aromatic carbocycles. The number of rotatable bonds is 7. The predicted molar refractivity (Wildman–Crippen MR) is 102 cm³/mol. The average Bonchev–Trinajstić information content (AvgIpc) is 3.11. The van der Waals surface area contributed by atoms with Gasteiger partial charge in [-0.25, -0.2) is 0 Å². The summed E-state index contributed by atoms with van der Waals surface area (Å²) in [5.41, 5.74) is 2.13. The number of amides is 2. The maximum Gasteiger partial charge on any atom is 0.387 e. The van der Waals surface area contributed by atoms with Gasteiger partial charge in [-0.1, -0.05) is 30.3 Å². The van der Waals surface area contributed by atoms with Crippen LogP contribution in [0.5, 0.6) is 5.75 Å². The maximum atomic E-state index is 12.4. The quantitative estimate of drug-likeness (QED) is 0.738. The van der Waals surface area contributed by atoms with Crippen LogP contribution in [0, 0.1) is 0 Å². The second-order valence-corrected chi connectivity index (χ2v) is 6.28. The second kappa shape index (κ2) is 9.12. The van der Waals surface area contributed by atoms with Gasteiger partial charge in [-0.15, -0.1) is 0 Å². The summed E-state index contributed by atoms with van der Waals surface area (Å²) < 4.78 is 29.2. The molecule has 1 saturated heterocycles. The number of para-hydroxylation sites is 1. The Morgan fingerprint density at radius 2 is 1.93 bits per heavy atom. The maximum absolute atomic E-state index is 12.4. The first-order valence-corrected chi connectivity index (χ1v) is 8.92. The summed E-state index contributed by atoms with van der Waals surface area (Å²) in [6, 6.07) is 13.7. The smallest absolute Gasteiger partial charge is 0.387 e. The number of anilines is 1. The highest BCUT2D eigenvalue weighted by molar-refractivity contribution is 5.95. The number of halogens is 2. The Morgan fingerprint density at radius 1 is 1.18 bits per heavy atom. The van der Waals surface area contributed by atoms with E-state index in [2.05, 4.69) is 10.1 Å². The topological polar surface area (TPSA) is 58.6 Å². The molecule has 0 radical (unpaired) electrons. The van der Waals surface area contributed by atoms with Crippen LogP contribution in [-0.2, 0) is 16.1 Å². The molecule has 0 aromatic heterocycles. The lowest BCUT2D eigenvalue weighted by Crippen LogP contribution is -2.23. The third-order valence-electron chi connectivity index (χ3n) is 4.34. The standard InChI is InChI=1S/C21H20F2N2O3/c22-21(23)28-18-5-2-1-4-16(18)9-12-19(26)24-14-15-7-10-17(11-8-15)25-13-3-6-20(25)27/h1-2,4-5,7-12,21H,3,6,13-14H2,(H,24,26)/b12-9+. The van der Waals surface area contributed by atoms with Crippen molar-refractivity contribution in [3.8, 4) is 5.75 Å². The van der Waals surface area contributed by atoms with E-state index in [4.69, 9.17) is 0 Å². The molecular formula is C21H20F2N2O3. The molecule has 0 unspecified atom stereocenters. The molecule has 0 atom stereocenters. The molecule has 7 heteroatoms. The summed E-state index contributed by atoms with van der Waals surface area (Å²) in [6.45, 7) is -1.88. The van der Waals surface area contributed by atoms with Gasteiger partial charge in [0.05, 0.1) is 0 Å². The Bertz CT molecular complexity index is 866. The molecule has 0 aliphatic carbocycles. The Morgan fingerprint density at radius 3 is 2.61 bits per heavy atom. The van der Waals surface area contributed by atoms with Crippen LogP contribution in [0.3, 0.4) is 0 Å². The molecule has 146 valence electrons. The molecule has 2 amide bonds. The fourth-order valence-corrected chi connectivity index (χ4v) is 2.95. The fourth-order valence-electron chi connectivity index (χ4n) is 2.95.